The first-order valence-corrected chi connectivity index (χ1v) is 4.41. The molecule has 0 unspecified atom stereocenters. The maximum absolute atomic E-state index is 9.53. The largest absolute Gasteiger partial charge is 0.504 e. The molecule has 1 aromatic rings. The Balaban J connectivity index is 3.11. The van der Waals surface area contributed by atoms with Crippen molar-refractivity contribution >= 4 is 11.6 Å². The molecule has 78 valence electrons. The van der Waals surface area contributed by atoms with Crippen LogP contribution in [-0.2, 0) is 11.4 Å². The average Bonchev–Trinajstić information content (AvgIpc) is 2.15. The molecule has 0 saturated heterocycles. The predicted octanol–water partition coefficient (Wildman–Crippen LogP) is 1.71. The first-order valence-electron chi connectivity index (χ1n) is 4.03. The minimum absolute atomic E-state index is 0.170. The number of hydrogen-bond acceptors (Lipinski definition) is 4. The second kappa shape index (κ2) is 4.50. The van der Waals surface area contributed by atoms with Crippen molar-refractivity contribution < 1.29 is 15.1 Å². The number of aromatic hydroxyl groups is 2. The predicted molar refractivity (Wildman–Crippen MR) is 53.4 cm³/mol. The lowest BCUT2D eigenvalue weighted by Gasteiger charge is -2.11. The van der Waals surface area contributed by atoms with Crippen molar-refractivity contribution in [2.75, 3.05) is 7.11 Å². The molecule has 0 spiro atoms. The van der Waals surface area contributed by atoms with E-state index in [0.29, 0.717) is 16.1 Å². The van der Waals surface area contributed by atoms with Crippen LogP contribution >= 0.6 is 11.6 Å². The van der Waals surface area contributed by atoms with Gasteiger partial charge in [-0.05, 0) is 12.5 Å². The average molecular weight is 218 g/mol. The normalized spacial score (nSPS) is 10.5. The summed E-state index contributed by atoms with van der Waals surface area (Å²) < 4.78 is 0. The highest BCUT2D eigenvalue weighted by molar-refractivity contribution is 6.31. The van der Waals surface area contributed by atoms with E-state index >= 15 is 0 Å². The van der Waals surface area contributed by atoms with E-state index in [-0.39, 0.29) is 18.0 Å². The van der Waals surface area contributed by atoms with Crippen LogP contribution in [0.25, 0.3) is 0 Å². The van der Waals surface area contributed by atoms with Crippen LogP contribution in [0.2, 0.25) is 5.02 Å². The van der Waals surface area contributed by atoms with Gasteiger partial charge in [-0.2, -0.15) is 5.48 Å². The van der Waals surface area contributed by atoms with Gasteiger partial charge in [-0.1, -0.05) is 11.6 Å². The molecular formula is C9H12ClNO3. The van der Waals surface area contributed by atoms with Crippen LogP contribution in [0.1, 0.15) is 11.1 Å². The number of rotatable bonds is 3. The summed E-state index contributed by atoms with van der Waals surface area (Å²) in [5, 5.41) is 19.2. The summed E-state index contributed by atoms with van der Waals surface area (Å²) in [6, 6.07) is 1.31. The summed E-state index contributed by atoms with van der Waals surface area (Å²) in [4.78, 5) is 4.65. The van der Waals surface area contributed by atoms with Crippen molar-refractivity contribution in [3.05, 3.63) is 22.2 Å². The van der Waals surface area contributed by atoms with Crippen molar-refractivity contribution in [3.63, 3.8) is 0 Å². The van der Waals surface area contributed by atoms with E-state index in [1.807, 2.05) is 0 Å². The van der Waals surface area contributed by atoms with Gasteiger partial charge in [0.15, 0.2) is 11.5 Å². The second-order valence-electron chi connectivity index (χ2n) is 2.85. The Morgan fingerprint density at radius 2 is 2.14 bits per heavy atom. The number of phenols is 2. The Morgan fingerprint density at radius 1 is 1.50 bits per heavy atom. The lowest BCUT2D eigenvalue weighted by Crippen LogP contribution is -2.12. The molecule has 0 fully saturated rings. The van der Waals surface area contributed by atoms with Gasteiger partial charge in [0, 0.05) is 16.7 Å². The van der Waals surface area contributed by atoms with Crippen LogP contribution in [0.15, 0.2) is 6.07 Å². The van der Waals surface area contributed by atoms with Gasteiger partial charge in [0.05, 0.1) is 13.7 Å². The number of halogens is 1. The van der Waals surface area contributed by atoms with Gasteiger partial charge in [-0.3, -0.25) is 0 Å². The summed E-state index contributed by atoms with van der Waals surface area (Å²) in [7, 11) is 1.47. The van der Waals surface area contributed by atoms with Crippen molar-refractivity contribution in [1.82, 2.24) is 5.48 Å². The summed E-state index contributed by atoms with van der Waals surface area (Å²) in [5.74, 6) is -0.398. The zero-order valence-corrected chi connectivity index (χ0v) is 8.72. The highest BCUT2D eigenvalue weighted by atomic mass is 35.5. The molecular weight excluding hydrogens is 206 g/mol. The molecule has 3 N–H and O–H groups in total. The van der Waals surface area contributed by atoms with Gasteiger partial charge >= 0.3 is 0 Å². The van der Waals surface area contributed by atoms with Crippen molar-refractivity contribution in [2.45, 2.75) is 13.5 Å². The molecule has 1 rings (SSSR count). The minimum Gasteiger partial charge on any atom is -0.504 e. The Morgan fingerprint density at radius 3 is 2.71 bits per heavy atom. The molecule has 4 nitrogen and oxygen atoms in total. The highest BCUT2D eigenvalue weighted by Crippen LogP contribution is 2.35. The van der Waals surface area contributed by atoms with Crippen LogP contribution in [0.3, 0.4) is 0 Å². The minimum atomic E-state index is -0.228. The molecule has 0 heterocycles. The first-order chi connectivity index (χ1) is 6.57. The first kappa shape index (κ1) is 11.1. The van der Waals surface area contributed by atoms with Crippen LogP contribution in [-0.4, -0.2) is 17.3 Å². The maximum Gasteiger partial charge on any atom is 0.162 e. The smallest absolute Gasteiger partial charge is 0.162 e. The van der Waals surface area contributed by atoms with E-state index < -0.39 is 0 Å². The van der Waals surface area contributed by atoms with E-state index in [4.69, 9.17) is 11.6 Å². The van der Waals surface area contributed by atoms with E-state index in [1.165, 1.54) is 13.2 Å². The molecule has 0 aliphatic heterocycles. The van der Waals surface area contributed by atoms with Gasteiger partial charge in [0.1, 0.15) is 0 Å². The number of hydrogen-bond donors (Lipinski definition) is 3. The Bertz CT molecular complexity index is 315. The second-order valence-corrected chi connectivity index (χ2v) is 3.26. The zero-order chi connectivity index (χ0) is 10.7. The molecule has 5 heteroatoms. The summed E-state index contributed by atoms with van der Waals surface area (Å²) in [6.45, 7) is 2.04. The third kappa shape index (κ3) is 2.09. The Hall–Kier alpha value is -0.970. The van der Waals surface area contributed by atoms with E-state index in [2.05, 4.69) is 10.3 Å². The van der Waals surface area contributed by atoms with E-state index in [1.54, 1.807) is 6.92 Å². The van der Waals surface area contributed by atoms with Gasteiger partial charge in [-0.25, -0.2) is 0 Å². The fraction of sp³-hybridized carbons (Fsp3) is 0.333. The van der Waals surface area contributed by atoms with Gasteiger partial charge in [0.2, 0.25) is 0 Å². The standard InChI is InChI=1S/C9H12ClNO3/c1-5-6(4-11-14-2)9(13)8(12)3-7(5)10/h3,11-13H,4H2,1-2H3. The third-order valence-electron chi connectivity index (χ3n) is 2.00. The van der Waals surface area contributed by atoms with Crippen molar-refractivity contribution in [2.24, 2.45) is 0 Å². The number of phenolic OH excluding ortho intramolecular Hbond substituents is 2. The fourth-order valence-corrected chi connectivity index (χ4v) is 1.35. The number of benzene rings is 1. The molecule has 0 bridgehead atoms. The van der Waals surface area contributed by atoms with Crippen LogP contribution in [0, 0.1) is 6.92 Å². The molecule has 0 atom stereocenters. The fourth-order valence-electron chi connectivity index (χ4n) is 1.13. The number of nitrogens with one attached hydrogen (secondary N) is 1. The van der Waals surface area contributed by atoms with E-state index in [9.17, 15) is 10.2 Å². The highest BCUT2D eigenvalue weighted by Gasteiger charge is 2.12. The molecule has 0 saturated carbocycles. The molecule has 0 aliphatic carbocycles. The van der Waals surface area contributed by atoms with Crippen LogP contribution in [0.5, 0.6) is 11.5 Å². The Kier molecular flexibility index (Phi) is 3.57. The quantitative estimate of drug-likeness (QED) is 0.533. The molecule has 1 aromatic carbocycles. The monoisotopic (exact) mass is 217 g/mol. The van der Waals surface area contributed by atoms with Crippen molar-refractivity contribution in [1.29, 1.82) is 0 Å². The summed E-state index contributed by atoms with van der Waals surface area (Å²) in [5.41, 5.74) is 3.81. The summed E-state index contributed by atoms with van der Waals surface area (Å²) in [6.07, 6.45) is 0. The SMILES string of the molecule is CONCc1c(C)c(Cl)cc(O)c1O. The maximum atomic E-state index is 9.53. The van der Waals surface area contributed by atoms with Crippen molar-refractivity contribution in [3.8, 4) is 11.5 Å². The molecule has 0 amide bonds. The number of hydroxylamine groups is 1. The third-order valence-corrected chi connectivity index (χ3v) is 2.39. The Labute approximate surface area is 87.0 Å². The van der Waals surface area contributed by atoms with Crippen LogP contribution < -0.4 is 5.48 Å². The van der Waals surface area contributed by atoms with Crippen LogP contribution in [0.4, 0.5) is 0 Å². The lowest BCUT2D eigenvalue weighted by atomic mass is 10.1. The zero-order valence-electron chi connectivity index (χ0n) is 7.97. The molecule has 0 aliphatic rings. The summed E-state index contributed by atoms with van der Waals surface area (Å²) >= 11 is 5.83. The van der Waals surface area contributed by atoms with Gasteiger partial charge in [-0.15, -0.1) is 0 Å². The van der Waals surface area contributed by atoms with Gasteiger partial charge in [0.25, 0.3) is 0 Å². The topological polar surface area (TPSA) is 61.7 Å². The van der Waals surface area contributed by atoms with Gasteiger partial charge < -0.3 is 15.1 Å². The molecule has 0 aromatic heterocycles. The molecule has 14 heavy (non-hydrogen) atoms. The molecule has 0 radical (unpaired) electrons. The lowest BCUT2D eigenvalue weighted by molar-refractivity contribution is 0.0859. The van der Waals surface area contributed by atoms with E-state index in [0.717, 1.165) is 0 Å².